The maximum atomic E-state index is 12.1. The van der Waals surface area contributed by atoms with Gasteiger partial charge in [0, 0.05) is 23.0 Å². The molecule has 0 aliphatic rings. The topological polar surface area (TPSA) is 80.4 Å². The van der Waals surface area contributed by atoms with Gasteiger partial charge in [-0.15, -0.1) is 0 Å². The molecule has 0 atom stereocenters. The molecule has 0 radical (unpaired) electrons. The minimum Gasteiger partial charge on any atom is -0.497 e. The van der Waals surface area contributed by atoms with Gasteiger partial charge in [-0.2, -0.15) is 0 Å². The fraction of sp³-hybridized carbons (Fsp3) is 0.158. The zero-order chi connectivity index (χ0) is 17.6. The second-order valence-corrected chi connectivity index (χ2v) is 5.46. The van der Waals surface area contributed by atoms with Crippen molar-refractivity contribution in [1.29, 1.82) is 0 Å². The number of nitrogens with one attached hydrogen (secondary N) is 2. The van der Waals surface area contributed by atoms with Crippen molar-refractivity contribution in [3.05, 3.63) is 70.5 Å². The highest BCUT2D eigenvalue weighted by Gasteiger charge is 2.07. The molecule has 0 saturated heterocycles. The number of carbonyl (C=O) groups is 1. The van der Waals surface area contributed by atoms with E-state index in [1.165, 1.54) is 0 Å². The first-order valence-electron chi connectivity index (χ1n) is 7.86. The van der Waals surface area contributed by atoms with Crippen LogP contribution in [-0.2, 0) is 6.42 Å². The normalized spacial score (nSPS) is 10.4. The molecule has 6 heteroatoms. The molecule has 6 nitrogen and oxygen atoms in total. The van der Waals surface area contributed by atoms with Crippen LogP contribution in [0.1, 0.15) is 5.56 Å². The molecule has 0 unspecified atom stereocenters. The maximum Gasteiger partial charge on any atom is 0.412 e. The summed E-state index contributed by atoms with van der Waals surface area (Å²) in [4.78, 5) is 26.7. The number of hydrogen-bond donors (Lipinski definition) is 2. The first kappa shape index (κ1) is 16.6. The molecule has 0 saturated carbocycles. The predicted molar refractivity (Wildman–Crippen MR) is 95.3 cm³/mol. The van der Waals surface area contributed by atoms with Crippen molar-refractivity contribution >= 4 is 17.0 Å². The molecular formula is C19H18N2O4. The number of aromatic nitrogens is 1. The molecule has 0 aliphatic carbocycles. The Labute approximate surface area is 144 Å². The van der Waals surface area contributed by atoms with Crippen LogP contribution < -0.4 is 20.3 Å². The monoisotopic (exact) mass is 338 g/mol. The van der Waals surface area contributed by atoms with Gasteiger partial charge in [0.1, 0.15) is 11.5 Å². The number of hydrogen-bond acceptors (Lipinski definition) is 4. The number of aromatic amines is 1. The van der Waals surface area contributed by atoms with Gasteiger partial charge in [-0.3, -0.25) is 4.79 Å². The van der Waals surface area contributed by atoms with Crippen molar-refractivity contribution in [1.82, 2.24) is 10.3 Å². The highest BCUT2D eigenvalue weighted by atomic mass is 16.6. The van der Waals surface area contributed by atoms with E-state index >= 15 is 0 Å². The lowest BCUT2D eigenvalue weighted by Crippen LogP contribution is -2.30. The Balaban J connectivity index is 1.63. The Morgan fingerprint density at radius 2 is 1.88 bits per heavy atom. The first-order valence-corrected chi connectivity index (χ1v) is 7.86. The Morgan fingerprint density at radius 3 is 2.64 bits per heavy atom. The summed E-state index contributed by atoms with van der Waals surface area (Å²) in [6, 6.07) is 16.0. The summed E-state index contributed by atoms with van der Waals surface area (Å²) in [5.41, 5.74) is 1.16. The third-order valence-electron chi connectivity index (χ3n) is 3.75. The highest BCUT2D eigenvalue weighted by molar-refractivity contribution is 5.80. The van der Waals surface area contributed by atoms with E-state index < -0.39 is 6.09 Å². The van der Waals surface area contributed by atoms with Crippen molar-refractivity contribution in [2.24, 2.45) is 0 Å². The van der Waals surface area contributed by atoms with Crippen molar-refractivity contribution in [3.8, 4) is 11.5 Å². The number of carbonyl (C=O) groups excluding carboxylic acids is 1. The minimum atomic E-state index is -0.551. The molecule has 2 aromatic carbocycles. The van der Waals surface area contributed by atoms with Crippen LogP contribution in [0.5, 0.6) is 11.5 Å². The Bertz CT molecular complexity index is 935. The lowest BCUT2D eigenvalue weighted by Gasteiger charge is -2.07. The van der Waals surface area contributed by atoms with Crippen molar-refractivity contribution in [2.75, 3.05) is 13.7 Å². The SMILES string of the molecule is COc1ccc2[nH]c(=O)c(CCNC(=O)Oc3ccccc3)cc2c1. The van der Waals surface area contributed by atoms with Gasteiger partial charge in [0.15, 0.2) is 0 Å². The Morgan fingerprint density at radius 1 is 1.08 bits per heavy atom. The van der Waals surface area contributed by atoms with E-state index in [9.17, 15) is 9.59 Å². The van der Waals surface area contributed by atoms with Crippen LogP contribution in [0.4, 0.5) is 4.79 Å². The van der Waals surface area contributed by atoms with Gasteiger partial charge in [0.25, 0.3) is 5.56 Å². The molecule has 2 N–H and O–H groups in total. The fourth-order valence-electron chi connectivity index (χ4n) is 2.47. The third-order valence-corrected chi connectivity index (χ3v) is 3.75. The largest absolute Gasteiger partial charge is 0.497 e. The predicted octanol–water partition coefficient (Wildman–Crippen LogP) is 2.87. The molecule has 3 aromatic rings. The van der Waals surface area contributed by atoms with Gasteiger partial charge in [-0.25, -0.2) is 4.79 Å². The van der Waals surface area contributed by atoms with E-state index in [-0.39, 0.29) is 5.56 Å². The summed E-state index contributed by atoms with van der Waals surface area (Å²) in [6.07, 6.45) is -0.156. The second-order valence-electron chi connectivity index (χ2n) is 5.46. The molecule has 1 amide bonds. The quantitative estimate of drug-likeness (QED) is 0.750. The number of rotatable bonds is 5. The number of pyridine rings is 1. The lowest BCUT2D eigenvalue weighted by molar-refractivity contribution is 0.200. The van der Waals surface area contributed by atoms with E-state index in [1.807, 2.05) is 12.1 Å². The molecule has 25 heavy (non-hydrogen) atoms. The molecule has 3 rings (SSSR count). The Hall–Kier alpha value is -3.28. The van der Waals surface area contributed by atoms with Crippen LogP contribution in [0.15, 0.2) is 59.4 Å². The maximum absolute atomic E-state index is 12.1. The number of ether oxygens (including phenoxy) is 2. The summed E-state index contributed by atoms with van der Waals surface area (Å²) in [7, 11) is 1.59. The van der Waals surface area contributed by atoms with Crippen molar-refractivity contribution < 1.29 is 14.3 Å². The number of benzene rings is 2. The summed E-state index contributed by atoms with van der Waals surface area (Å²) >= 11 is 0. The molecule has 0 fully saturated rings. The number of fused-ring (bicyclic) bond motifs is 1. The molecular weight excluding hydrogens is 320 g/mol. The second kappa shape index (κ2) is 7.53. The number of para-hydroxylation sites is 1. The van der Waals surface area contributed by atoms with Crippen LogP contribution in [-0.4, -0.2) is 24.7 Å². The first-order chi connectivity index (χ1) is 12.2. The van der Waals surface area contributed by atoms with Gasteiger partial charge in [0.2, 0.25) is 0 Å². The van der Waals surface area contributed by atoms with E-state index in [2.05, 4.69) is 10.3 Å². The fourth-order valence-corrected chi connectivity index (χ4v) is 2.47. The van der Waals surface area contributed by atoms with Gasteiger partial charge in [-0.05, 0) is 42.8 Å². The van der Waals surface area contributed by atoms with Crippen LogP contribution in [0, 0.1) is 0 Å². The third kappa shape index (κ3) is 4.17. The van der Waals surface area contributed by atoms with E-state index in [1.54, 1.807) is 49.6 Å². The van der Waals surface area contributed by atoms with Gasteiger partial charge < -0.3 is 19.8 Å². The standard InChI is InChI=1S/C19H18N2O4/c1-24-16-7-8-17-14(12-16)11-13(18(22)21-17)9-10-20-19(23)25-15-5-3-2-4-6-15/h2-8,11-12H,9-10H2,1H3,(H,20,23)(H,21,22). The van der Waals surface area contributed by atoms with E-state index in [0.29, 0.717) is 24.3 Å². The number of amides is 1. The lowest BCUT2D eigenvalue weighted by atomic mass is 10.1. The molecule has 128 valence electrons. The number of methoxy groups -OCH3 is 1. The molecule has 0 aliphatic heterocycles. The average Bonchev–Trinajstić information content (AvgIpc) is 2.62. The highest BCUT2D eigenvalue weighted by Crippen LogP contribution is 2.18. The van der Waals surface area contributed by atoms with Gasteiger partial charge in [-0.1, -0.05) is 18.2 Å². The van der Waals surface area contributed by atoms with Crippen LogP contribution >= 0.6 is 0 Å². The zero-order valence-corrected chi connectivity index (χ0v) is 13.7. The van der Waals surface area contributed by atoms with Crippen LogP contribution in [0.3, 0.4) is 0 Å². The summed E-state index contributed by atoms with van der Waals surface area (Å²) in [5.74, 6) is 1.19. The summed E-state index contributed by atoms with van der Waals surface area (Å²) < 4.78 is 10.3. The molecule has 0 bridgehead atoms. The minimum absolute atomic E-state index is 0.170. The molecule has 1 heterocycles. The summed E-state index contributed by atoms with van der Waals surface area (Å²) in [5, 5.41) is 3.51. The van der Waals surface area contributed by atoms with E-state index in [0.717, 1.165) is 16.7 Å². The van der Waals surface area contributed by atoms with Crippen LogP contribution in [0.2, 0.25) is 0 Å². The smallest absolute Gasteiger partial charge is 0.412 e. The van der Waals surface area contributed by atoms with Crippen molar-refractivity contribution in [3.63, 3.8) is 0 Å². The van der Waals surface area contributed by atoms with Crippen molar-refractivity contribution in [2.45, 2.75) is 6.42 Å². The van der Waals surface area contributed by atoms with E-state index in [4.69, 9.17) is 9.47 Å². The summed E-state index contributed by atoms with van der Waals surface area (Å²) in [6.45, 7) is 0.296. The average molecular weight is 338 g/mol. The molecule has 1 aromatic heterocycles. The zero-order valence-electron chi connectivity index (χ0n) is 13.7. The Kier molecular flexibility index (Phi) is 4.99. The van der Waals surface area contributed by atoms with Gasteiger partial charge >= 0.3 is 6.09 Å². The van der Waals surface area contributed by atoms with Gasteiger partial charge in [0.05, 0.1) is 7.11 Å². The molecule has 0 spiro atoms. The van der Waals surface area contributed by atoms with Crippen LogP contribution in [0.25, 0.3) is 10.9 Å². The number of H-pyrrole nitrogens is 1.